The standard InChI is InChI=1S/C18H29N3O3S/c1-20(14-16-8-4-3-5-9-16)15-18(22)19-12-11-17-10-6-7-13-21(17)25(2,23)24/h3-5,8-9,17H,6-7,10-15H2,1-2H3,(H,19,22)/t17-/m0/s1. The fourth-order valence-corrected chi connectivity index (χ4v) is 4.54. The molecule has 25 heavy (non-hydrogen) atoms. The third-order valence-electron chi connectivity index (χ3n) is 4.51. The quantitative estimate of drug-likeness (QED) is 0.755. The number of sulfonamides is 1. The summed E-state index contributed by atoms with van der Waals surface area (Å²) in [7, 11) is -1.25. The number of hydrogen-bond donors (Lipinski definition) is 1. The van der Waals surface area contributed by atoms with E-state index < -0.39 is 10.0 Å². The molecule has 6 nitrogen and oxygen atoms in total. The van der Waals surface area contributed by atoms with E-state index in [4.69, 9.17) is 0 Å². The average molecular weight is 368 g/mol. The van der Waals surface area contributed by atoms with Gasteiger partial charge in [0.15, 0.2) is 0 Å². The summed E-state index contributed by atoms with van der Waals surface area (Å²) in [6.45, 7) is 2.15. The van der Waals surface area contributed by atoms with E-state index in [-0.39, 0.29) is 11.9 Å². The first kappa shape index (κ1) is 19.9. The Morgan fingerprint density at radius 2 is 2.00 bits per heavy atom. The van der Waals surface area contributed by atoms with Crippen molar-refractivity contribution >= 4 is 15.9 Å². The fourth-order valence-electron chi connectivity index (χ4n) is 3.33. The molecule has 1 amide bonds. The Morgan fingerprint density at radius 3 is 2.68 bits per heavy atom. The number of carbonyl (C=O) groups excluding carboxylic acids is 1. The molecule has 0 bridgehead atoms. The summed E-state index contributed by atoms with van der Waals surface area (Å²) in [5, 5.41) is 2.92. The van der Waals surface area contributed by atoms with Crippen LogP contribution in [0.15, 0.2) is 30.3 Å². The minimum atomic E-state index is -3.17. The molecular weight excluding hydrogens is 338 g/mol. The zero-order valence-corrected chi connectivity index (χ0v) is 16.0. The van der Waals surface area contributed by atoms with Gasteiger partial charge in [-0.15, -0.1) is 0 Å². The van der Waals surface area contributed by atoms with Crippen LogP contribution in [0.4, 0.5) is 0 Å². The highest BCUT2D eigenvalue weighted by molar-refractivity contribution is 7.88. The number of amides is 1. The van der Waals surface area contributed by atoms with E-state index in [9.17, 15) is 13.2 Å². The second-order valence-corrected chi connectivity index (χ2v) is 8.75. The number of nitrogens with zero attached hydrogens (tertiary/aromatic N) is 2. The molecule has 0 radical (unpaired) electrons. The van der Waals surface area contributed by atoms with Gasteiger partial charge < -0.3 is 5.32 Å². The van der Waals surface area contributed by atoms with Crippen LogP contribution in [0.1, 0.15) is 31.2 Å². The van der Waals surface area contributed by atoms with Crippen molar-refractivity contribution in [2.24, 2.45) is 0 Å². The van der Waals surface area contributed by atoms with Crippen LogP contribution >= 0.6 is 0 Å². The summed E-state index contributed by atoms with van der Waals surface area (Å²) in [6, 6.07) is 10.0. The molecule has 1 heterocycles. The second kappa shape index (κ2) is 9.31. The van der Waals surface area contributed by atoms with Gasteiger partial charge in [-0.2, -0.15) is 4.31 Å². The smallest absolute Gasteiger partial charge is 0.234 e. The van der Waals surface area contributed by atoms with Gasteiger partial charge in [0, 0.05) is 25.7 Å². The molecule has 1 aromatic rings. The Kier molecular flexibility index (Phi) is 7.40. The van der Waals surface area contributed by atoms with Gasteiger partial charge in [-0.1, -0.05) is 36.8 Å². The molecule has 0 saturated carbocycles. The van der Waals surface area contributed by atoms with E-state index in [1.165, 1.54) is 11.8 Å². The Morgan fingerprint density at radius 1 is 1.28 bits per heavy atom. The molecule has 140 valence electrons. The van der Waals surface area contributed by atoms with E-state index in [0.717, 1.165) is 25.8 Å². The highest BCUT2D eigenvalue weighted by Crippen LogP contribution is 2.21. The van der Waals surface area contributed by atoms with Crippen LogP contribution in [0.25, 0.3) is 0 Å². The SMILES string of the molecule is CN(CC(=O)NCC[C@@H]1CCCCN1S(C)(=O)=O)Cc1ccccc1. The van der Waals surface area contributed by atoms with E-state index in [1.54, 1.807) is 4.31 Å². The Hall–Kier alpha value is -1.44. The number of rotatable bonds is 8. The van der Waals surface area contributed by atoms with Gasteiger partial charge in [-0.25, -0.2) is 8.42 Å². The number of carbonyl (C=O) groups is 1. The largest absolute Gasteiger partial charge is 0.355 e. The molecule has 1 saturated heterocycles. The predicted octanol–water partition coefficient (Wildman–Crippen LogP) is 1.44. The maximum absolute atomic E-state index is 12.1. The van der Waals surface area contributed by atoms with Crippen molar-refractivity contribution in [3.8, 4) is 0 Å². The Labute approximate surface area is 151 Å². The van der Waals surface area contributed by atoms with Crippen molar-refractivity contribution in [3.63, 3.8) is 0 Å². The summed E-state index contributed by atoms with van der Waals surface area (Å²) in [5.41, 5.74) is 1.17. The van der Waals surface area contributed by atoms with Crippen molar-refractivity contribution in [1.29, 1.82) is 0 Å². The number of nitrogens with one attached hydrogen (secondary N) is 1. The lowest BCUT2D eigenvalue weighted by Crippen LogP contribution is -2.45. The van der Waals surface area contributed by atoms with E-state index in [1.807, 2.05) is 42.3 Å². The molecule has 2 rings (SSSR count). The molecule has 0 spiro atoms. The van der Waals surface area contributed by atoms with Crippen molar-refractivity contribution in [2.75, 3.05) is 32.9 Å². The first-order valence-corrected chi connectivity index (χ1v) is 10.7. The molecule has 1 fully saturated rings. The topological polar surface area (TPSA) is 69.7 Å². The van der Waals surface area contributed by atoms with Gasteiger partial charge in [-0.05, 0) is 31.9 Å². The highest BCUT2D eigenvalue weighted by Gasteiger charge is 2.28. The molecule has 1 N–H and O–H groups in total. The van der Waals surface area contributed by atoms with Crippen molar-refractivity contribution < 1.29 is 13.2 Å². The van der Waals surface area contributed by atoms with Gasteiger partial charge in [-0.3, -0.25) is 9.69 Å². The molecule has 1 aliphatic heterocycles. The molecule has 0 aromatic heterocycles. The zero-order valence-electron chi connectivity index (χ0n) is 15.1. The Bertz CT molecular complexity index is 649. The summed E-state index contributed by atoms with van der Waals surface area (Å²) in [4.78, 5) is 14.0. The molecule has 1 aromatic carbocycles. The third kappa shape index (κ3) is 6.76. The van der Waals surface area contributed by atoms with Gasteiger partial charge in [0.25, 0.3) is 0 Å². The third-order valence-corrected chi connectivity index (χ3v) is 5.84. The molecular formula is C18H29N3O3S. The number of likely N-dealkylation sites (N-methyl/N-ethyl adjacent to an activating group) is 1. The van der Waals surface area contributed by atoms with Gasteiger partial charge in [0.2, 0.25) is 15.9 Å². The van der Waals surface area contributed by atoms with Gasteiger partial charge >= 0.3 is 0 Å². The van der Waals surface area contributed by atoms with E-state index >= 15 is 0 Å². The number of hydrogen-bond acceptors (Lipinski definition) is 4. The van der Waals surface area contributed by atoms with Crippen LogP contribution < -0.4 is 5.32 Å². The predicted molar refractivity (Wildman–Crippen MR) is 99.6 cm³/mol. The number of piperidine rings is 1. The number of benzene rings is 1. The molecule has 0 aliphatic carbocycles. The average Bonchev–Trinajstić information content (AvgIpc) is 2.55. The Balaban J connectivity index is 1.72. The highest BCUT2D eigenvalue weighted by atomic mass is 32.2. The van der Waals surface area contributed by atoms with E-state index in [2.05, 4.69) is 5.32 Å². The van der Waals surface area contributed by atoms with Crippen LogP contribution in [0.3, 0.4) is 0 Å². The monoisotopic (exact) mass is 367 g/mol. The van der Waals surface area contributed by atoms with Crippen molar-refractivity contribution in [3.05, 3.63) is 35.9 Å². The lowest BCUT2D eigenvalue weighted by molar-refractivity contribution is -0.122. The summed E-state index contributed by atoms with van der Waals surface area (Å²) in [6.07, 6.45) is 4.77. The van der Waals surface area contributed by atoms with Crippen LogP contribution in [-0.4, -0.2) is 62.5 Å². The first-order valence-electron chi connectivity index (χ1n) is 8.82. The molecule has 7 heteroatoms. The molecule has 0 unspecified atom stereocenters. The maximum atomic E-state index is 12.1. The lowest BCUT2D eigenvalue weighted by atomic mass is 10.0. The first-order chi connectivity index (χ1) is 11.9. The van der Waals surface area contributed by atoms with Crippen molar-refractivity contribution in [1.82, 2.24) is 14.5 Å². The minimum Gasteiger partial charge on any atom is -0.355 e. The van der Waals surface area contributed by atoms with Crippen LogP contribution in [0.5, 0.6) is 0 Å². The molecule has 1 atom stereocenters. The minimum absolute atomic E-state index is 0.00565. The zero-order chi connectivity index (χ0) is 18.3. The van der Waals surface area contributed by atoms with Crippen LogP contribution in [-0.2, 0) is 21.4 Å². The van der Waals surface area contributed by atoms with Crippen LogP contribution in [0.2, 0.25) is 0 Å². The van der Waals surface area contributed by atoms with Crippen molar-refractivity contribution in [2.45, 2.75) is 38.3 Å². The summed E-state index contributed by atoms with van der Waals surface area (Å²) < 4.78 is 25.3. The van der Waals surface area contributed by atoms with Crippen LogP contribution in [0, 0.1) is 0 Å². The van der Waals surface area contributed by atoms with E-state index in [0.29, 0.717) is 26.1 Å². The fraction of sp³-hybridized carbons (Fsp3) is 0.611. The lowest BCUT2D eigenvalue weighted by Gasteiger charge is -2.33. The normalized spacial score (nSPS) is 19.1. The maximum Gasteiger partial charge on any atom is 0.234 e. The summed E-state index contributed by atoms with van der Waals surface area (Å²) >= 11 is 0. The second-order valence-electron chi connectivity index (χ2n) is 6.82. The molecule has 1 aliphatic rings. The van der Waals surface area contributed by atoms with Gasteiger partial charge in [0.1, 0.15) is 0 Å². The summed E-state index contributed by atoms with van der Waals surface area (Å²) in [5.74, 6) is -0.0276. The van der Waals surface area contributed by atoms with Gasteiger partial charge in [0.05, 0.1) is 12.8 Å².